The lowest BCUT2D eigenvalue weighted by atomic mass is 9.65. The van der Waals surface area contributed by atoms with Crippen molar-refractivity contribution in [3.63, 3.8) is 0 Å². The zero-order valence-corrected chi connectivity index (χ0v) is 89.9. The van der Waals surface area contributed by atoms with Gasteiger partial charge in [-0.25, -0.2) is 0 Å². The van der Waals surface area contributed by atoms with Crippen molar-refractivity contribution in [3.8, 4) is 44.5 Å². The molecule has 0 amide bonds. The minimum atomic E-state index is -7.43. The average Bonchev–Trinajstić information content (AvgIpc) is 0.707. The molecule has 0 saturated carbocycles. The Morgan fingerprint density at radius 2 is 0.343 bits per heavy atom. The normalized spacial score (nSPS) is 11.8. The van der Waals surface area contributed by atoms with E-state index in [1.165, 1.54) is 253 Å². The second-order valence-corrected chi connectivity index (χ2v) is 38.8. The van der Waals surface area contributed by atoms with Crippen LogP contribution in [0.25, 0.3) is 44.5 Å². The summed E-state index contributed by atoms with van der Waals surface area (Å²) >= 11 is 0. The van der Waals surface area contributed by atoms with E-state index in [1.807, 2.05) is 0 Å². The number of hydrogen-bond acceptors (Lipinski definition) is 1. The van der Waals surface area contributed by atoms with Crippen molar-refractivity contribution in [2.24, 2.45) is 5.41 Å². The summed E-state index contributed by atoms with van der Waals surface area (Å²) in [6.07, 6.45) is 14.5. The van der Waals surface area contributed by atoms with E-state index in [9.17, 15) is 52.7 Å². The molecule has 0 aliphatic rings. The van der Waals surface area contributed by atoms with Gasteiger partial charge in [-0.05, 0) is 235 Å². The molecule has 13 aromatic rings. The SMILES string of the molecule is CCC(CC)(CC)CC.CCC(F)(F)C(F)(F)C(F)(F)C(F)(F)C(F)(F)C(F)(F)CC.CCC(c1ccc(C)cc1)(c1ccc(C)cc1)c1ccc(C)cc1.CCCCCCCC.CCCN(CCC)CCC.Cc1ccc(-c2cc(-c3ccc(C)cc3)cc(-c3ccc(C)cc3)c2)cc1.Cc1ccc(-c2ccc(C)cc2)cc1.Cc1ccc(C(c2ccc(C)cc2)(c2ccc(C)cc2)c2ccc(C)cc2)cc1. The van der Waals surface area contributed by atoms with Gasteiger partial charge in [-0.2, -0.15) is 52.7 Å². The molecule has 0 aromatic heterocycles. The Kier molecular flexibility index (Phi) is 48.1. The van der Waals surface area contributed by atoms with Crippen LogP contribution in [0, 0.1) is 88.5 Å². The summed E-state index contributed by atoms with van der Waals surface area (Å²) in [6.45, 7) is 52.6. The molecule has 13 heteroatoms. The van der Waals surface area contributed by atoms with E-state index in [2.05, 4.69) is 467 Å². The predicted molar refractivity (Wildman–Crippen MR) is 586 cm³/mol. The summed E-state index contributed by atoms with van der Waals surface area (Å²) in [5, 5.41) is 0. The summed E-state index contributed by atoms with van der Waals surface area (Å²) < 4.78 is 155. The van der Waals surface area contributed by atoms with E-state index in [1.54, 1.807) is 0 Å². The fourth-order valence-electron chi connectivity index (χ4n) is 17.6. The van der Waals surface area contributed by atoms with Gasteiger partial charge in [0, 0.05) is 18.3 Å². The molecule has 0 fully saturated rings. The zero-order valence-electron chi connectivity index (χ0n) is 89.9. The molecule has 0 aliphatic carbocycles. The second kappa shape index (κ2) is 57.0. The highest BCUT2D eigenvalue weighted by Crippen LogP contribution is 2.61. The molecule has 0 atom stereocenters. The van der Waals surface area contributed by atoms with Gasteiger partial charge in [-0.3, -0.25) is 0 Å². The first kappa shape index (κ1) is 121. The van der Waals surface area contributed by atoms with E-state index in [4.69, 9.17) is 0 Å². The first-order valence-electron chi connectivity index (χ1n) is 51.8. The molecule has 1 nitrogen and oxygen atoms in total. The third-order valence-electron chi connectivity index (χ3n) is 27.7. The number of unbranched alkanes of at least 4 members (excludes halogenated alkanes) is 5. The van der Waals surface area contributed by atoms with Gasteiger partial charge >= 0.3 is 35.5 Å². The number of hydrogen-bond donors (Lipinski definition) is 0. The Hall–Kier alpha value is -11.0. The highest BCUT2D eigenvalue weighted by Gasteiger charge is 2.89. The molecule has 13 rings (SSSR count). The summed E-state index contributed by atoms with van der Waals surface area (Å²) in [5.41, 5.74) is 35.0. The highest BCUT2D eigenvalue weighted by molar-refractivity contribution is 5.81. The van der Waals surface area contributed by atoms with Gasteiger partial charge in [0.1, 0.15) is 0 Å². The van der Waals surface area contributed by atoms with Crippen LogP contribution in [0.5, 0.6) is 0 Å². The van der Waals surface area contributed by atoms with Crippen LogP contribution in [-0.2, 0) is 10.8 Å². The van der Waals surface area contributed by atoms with E-state index >= 15 is 0 Å². The molecule has 0 N–H and O–H groups in total. The fourth-order valence-corrected chi connectivity index (χ4v) is 17.6. The summed E-state index contributed by atoms with van der Waals surface area (Å²) in [6, 6.07) is 114. The van der Waals surface area contributed by atoms with Crippen molar-refractivity contribution < 1.29 is 52.7 Å². The number of aryl methyl sites for hydroxylation is 12. The van der Waals surface area contributed by atoms with Gasteiger partial charge in [-0.1, -0.05) is 505 Å². The van der Waals surface area contributed by atoms with Crippen LogP contribution in [0.2, 0.25) is 0 Å². The maximum Gasteiger partial charge on any atom is 0.384 e. The van der Waals surface area contributed by atoms with Crippen molar-refractivity contribution in [2.45, 2.75) is 315 Å². The van der Waals surface area contributed by atoms with Gasteiger partial charge in [-0.15, -0.1) is 0 Å². The Bertz CT molecular complexity index is 5190. The molecule has 0 spiro atoms. The molecule has 0 saturated heterocycles. The van der Waals surface area contributed by atoms with Crippen molar-refractivity contribution in [2.75, 3.05) is 19.6 Å². The molecule has 0 bridgehead atoms. The Balaban J connectivity index is 0.000000259. The summed E-state index contributed by atoms with van der Waals surface area (Å²) in [7, 11) is 0. The lowest BCUT2D eigenvalue weighted by Gasteiger charge is -2.41. The van der Waals surface area contributed by atoms with Crippen LogP contribution >= 0.6 is 0 Å². The lowest BCUT2D eigenvalue weighted by Crippen LogP contribution is -2.70. The standard InChI is InChI=1S/C29H28.C27H24.C24H26.C14H14.C10H10F12.C9H21N.C9H20.C8H18/c1-21-5-13-25(14-6-21)29(26-15-7-22(2)8-16-26,27-17-9-23(3)10-18-27)28-19-11-24(4)12-20-28;1-19-4-10-22(11-5-19)25-16-26(23-12-6-20(2)7-13-23)18-27(17-25)24-14-8-21(3)9-15-24;1-5-24(21-12-6-18(2)7-13-21,22-14-8-19(3)9-15-22)23-16-10-20(4)11-17-23;1-11-3-7-13(8-4-11)14-9-5-12(2)6-10-14;1-3-5(11,12)7(15,16)9(19,20)10(21,22)8(17,18)6(13,14)4-2;1-4-7-10(8-5-2)9-6-3;1-5-9(6-2,7-3)8-4;1-3-5-7-8-6-4-2/h5-20H,1-4H3;4-18H,1-3H3;6-17H,5H2,1-4H3;3-10H,1-2H3;3-4H2,1-2H3;4-9H2,1-3H3;5-8H2,1-4H3;3-8H2,1-2H3. The van der Waals surface area contributed by atoms with Gasteiger partial charge in [0.25, 0.3) is 0 Å². The van der Waals surface area contributed by atoms with Gasteiger partial charge in [0.15, 0.2) is 0 Å². The van der Waals surface area contributed by atoms with Crippen LogP contribution in [0.1, 0.15) is 292 Å². The highest BCUT2D eigenvalue weighted by atomic mass is 19.4. The maximum atomic E-state index is 13.0. The number of rotatable bonds is 34. The summed E-state index contributed by atoms with van der Waals surface area (Å²) in [5.74, 6) is -40.5. The monoisotopic (exact) mass is 1960 g/mol. The Labute approximate surface area is 852 Å². The van der Waals surface area contributed by atoms with Crippen LogP contribution in [-0.4, -0.2) is 60.1 Å². The van der Waals surface area contributed by atoms with Gasteiger partial charge < -0.3 is 4.90 Å². The minimum absolute atomic E-state index is 0.102. The third kappa shape index (κ3) is 32.5. The lowest BCUT2D eigenvalue weighted by molar-refractivity contribution is -0.425. The number of alkyl halides is 12. The largest absolute Gasteiger partial charge is 0.384 e. The smallest absolute Gasteiger partial charge is 0.303 e. The molecule has 143 heavy (non-hydrogen) atoms. The topological polar surface area (TPSA) is 3.24 Å². The maximum absolute atomic E-state index is 13.0. The Morgan fingerprint density at radius 1 is 0.175 bits per heavy atom. The molecule has 0 radical (unpaired) electrons. The molecule has 0 heterocycles. The van der Waals surface area contributed by atoms with E-state index in [-0.39, 0.29) is 24.7 Å². The predicted octanol–water partition coefficient (Wildman–Crippen LogP) is 40.4. The molecule has 13 aromatic carbocycles. The molecule has 770 valence electrons. The van der Waals surface area contributed by atoms with Crippen molar-refractivity contribution in [3.05, 3.63) is 415 Å². The number of halogens is 12. The van der Waals surface area contributed by atoms with Crippen LogP contribution in [0.15, 0.2) is 309 Å². The molecular weight excluding hydrogens is 1800 g/mol. The van der Waals surface area contributed by atoms with Crippen LogP contribution in [0.4, 0.5) is 52.7 Å². The van der Waals surface area contributed by atoms with Gasteiger partial charge in [0.05, 0.1) is 5.41 Å². The van der Waals surface area contributed by atoms with Crippen molar-refractivity contribution in [1.82, 2.24) is 4.90 Å². The van der Waals surface area contributed by atoms with Crippen molar-refractivity contribution in [1.29, 1.82) is 0 Å². The minimum Gasteiger partial charge on any atom is -0.303 e. The van der Waals surface area contributed by atoms with Gasteiger partial charge in [0.2, 0.25) is 0 Å². The molecule has 0 unspecified atom stereocenters. The average molecular weight is 1970 g/mol. The van der Waals surface area contributed by atoms with Crippen LogP contribution in [0.3, 0.4) is 0 Å². The first-order chi connectivity index (χ1) is 67.8. The number of benzene rings is 13. The zero-order chi connectivity index (χ0) is 106. The fraction of sp³-hybridized carbons (Fsp3) is 0.400. The van der Waals surface area contributed by atoms with E-state index in [0.717, 1.165) is 6.42 Å². The molecule has 0 aliphatic heterocycles. The van der Waals surface area contributed by atoms with E-state index < -0.39 is 48.4 Å². The quantitative estimate of drug-likeness (QED) is 0.0221. The first-order valence-corrected chi connectivity index (χ1v) is 51.8. The third-order valence-corrected chi connectivity index (χ3v) is 27.7. The summed E-state index contributed by atoms with van der Waals surface area (Å²) in [4.78, 5) is 2.54. The second-order valence-electron chi connectivity index (χ2n) is 38.8. The Morgan fingerprint density at radius 3 is 0.490 bits per heavy atom. The van der Waals surface area contributed by atoms with Crippen molar-refractivity contribution >= 4 is 0 Å². The van der Waals surface area contributed by atoms with Crippen LogP contribution < -0.4 is 0 Å². The van der Waals surface area contributed by atoms with E-state index in [0.29, 0.717) is 5.41 Å². The number of nitrogens with zero attached hydrogens (tertiary/aromatic N) is 1. The molecular formula is C130H161F12N.